The molecule has 0 fully saturated rings. The number of hydrogen-bond acceptors (Lipinski definition) is 6. The Hall–Kier alpha value is -4.04. The second-order valence-electron chi connectivity index (χ2n) is 4.95. The number of nitrogens with one attached hydrogen (secondary N) is 2. The molecule has 2 rings (SSSR count). The number of ether oxygens (including phenoxy) is 2. The first kappa shape index (κ1) is 18.3. The van der Waals surface area contributed by atoms with Crippen LogP contribution in [0.1, 0.15) is 11.1 Å². The summed E-state index contributed by atoms with van der Waals surface area (Å²) in [6, 6.07) is 16.6. The van der Waals surface area contributed by atoms with Crippen LogP contribution in [0.5, 0.6) is 11.5 Å². The van der Waals surface area contributed by atoms with Gasteiger partial charge in [-0.2, -0.15) is 10.5 Å². The summed E-state index contributed by atoms with van der Waals surface area (Å²) in [6.45, 7) is -0.666. The van der Waals surface area contributed by atoms with E-state index in [1.807, 2.05) is 12.1 Å². The Bertz CT molecular complexity index is 810. The number of rotatable bonds is 6. The third-order valence-corrected chi connectivity index (χ3v) is 3.01. The van der Waals surface area contributed by atoms with Crippen LogP contribution in [0.4, 0.5) is 0 Å². The van der Waals surface area contributed by atoms with Crippen molar-refractivity contribution in [1.29, 1.82) is 10.5 Å². The fourth-order valence-corrected chi connectivity index (χ4v) is 1.82. The van der Waals surface area contributed by atoms with Crippen LogP contribution in [-0.2, 0) is 9.59 Å². The largest absolute Gasteiger partial charge is 0.484 e. The predicted octanol–water partition coefficient (Wildman–Crippen LogP) is 1.04. The minimum Gasteiger partial charge on any atom is -0.484 e. The quantitative estimate of drug-likeness (QED) is 0.750. The molecule has 0 radical (unpaired) electrons. The summed E-state index contributed by atoms with van der Waals surface area (Å²) in [4.78, 5) is 23.3. The average molecular weight is 350 g/mol. The summed E-state index contributed by atoms with van der Waals surface area (Å²) in [5.41, 5.74) is 5.18. The van der Waals surface area contributed by atoms with Crippen molar-refractivity contribution in [1.82, 2.24) is 10.9 Å². The van der Waals surface area contributed by atoms with E-state index in [-0.39, 0.29) is 13.2 Å². The van der Waals surface area contributed by atoms with Gasteiger partial charge in [-0.25, -0.2) is 0 Å². The van der Waals surface area contributed by atoms with Crippen LogP contribution in [0.25, 0.3) is 0 Å². The molecule has 0 saturated heterocycles. The number of hydrogen-bond donors (Lipinski definition) is 2. The molecular weight excluding hydrogens is 336 g/mol. The van der Waals surface area contributed by atoms with E-state index in [1.165, 1.54) is 12.1 Å². The third kappa shape index (κ3) is 5.87. The molecule has 0 saturated carbocycles. The maximum atomic E-state index is 11.6. The topological polar surface area (TPSA) is 124 Å². The molecule has 0 spiro atoms. The normalized spacial score (nSPS) is 9.31. The lowest BCUT2D eigenvalue weighted by atomic mass is 10.2. The number of benzene rings is 2. The molecule has 2 aromatic rings. The van der Waals surface area contributed by atoms with Crippen molar-refractivity contribution in [2.75, 3.05) is 13.2 Å². The summed E-state index contributed by atoms with van der Waals surface area (Å²) in [6.07, 6.45) is 0. The summed E-state index contributed by atoms with van der Waals surface area (Å²) in [5, 5.41) is 17.6. The molecule has 26 heavy (non-hydrogen) atoms. The molecular formula is C18H14N4O4. The molecule has 2 N–H and O–H groups in total. The Labute approximate surface area is 149 Å². The first-order valence-corrected chi connectivity index (χ1v) is 7.44. The fraction of sp³-hybridized carbons (Fsp3) is 0.111. The molecule has 2 amide bonds. The summed E-state index contributed by atoms with van der Waals surface area (Å²) in [5.74, 6) is -0.420. The van der Waals surface area contributed by atoms with Crippen molar-refractivity contribution >= 4 is 11.8 Å². The molecule has 0 bridgehead atoms. The van der Waals surface area contributed by atoms with Crippen LogP contribution in [-0.4, -0.2) is 25.0 Å². The zero-order chi connectivity index (χ0) is 18.8. The first-order valence-electron chi connectivity index (χ1n) is 7.44. The van der Waals surface area contributed by atoms with Crippen molar-refractivity contribution in [3.05, 3.63) is 59.7 Å². The minimum atomic E-state index is -0.577. The van der Waals surface area contributed by atoms with E-state index in [2.05, 4.69) is 10.9 Å². The van der Waals surface area contributed by atoms with Crippen molar-refractivity contribution in [3.63, 3.8) is 0 Å². The summed E-state index contributed by atoms with van der Waals surface area (Å²) in [7, 11) is 0. The minimum absolute atomic E-state index is 0.333. The van der Waals surface area contributed by atoms with Gasteiger partial charge < -0.3 is 9.47 Å². The van der Waals surface area contributed by atoms with Crippen LogP contribution >= 0.6 is 0 Å². The van der Waals surface area contributed by atoms with Gasteiger partial charge in [-0.3, -0.25) is 20.4 Å². The molecule has 0 aliphatic heterocycles. The zero-order valence-corrected chi connectivity index (χ0v) is 13.6. The van der Waals surface area contributed by atoms with Crippen molar-refractivity contribution in [3.8, 4) is 23.6 Å². The van der Waals surface area contributed by atoms with Gasteiger partial charge in [0.2, 0.25) is 0 Å². The molecule has 8 heteroatoms. The Morgan fingerprint density at radius 1 is 0.808 bits per heavy atom. The van der Waals surface area contributed by atoms with Gasteiger partial charge in [-0.1, -0.05) is 12.1 Å². The first-order chi connectivity index (χ1) is 12.6. The SMILES string of the molecule is N#Cc1cccc(OCC(=O)NNC(=O)COc2cccc(C#N)c2)c1. The monoisotopic (exact) mass is 350 g/mol. The van der Waals surface area contributed by atoms with Crippen LogP contribution in [0.15, 0.2) is 48.5 Å². The smallest absolute Gasteiger partial charge is 0.276 e. The molecule has 0 aliphatic carbocycles. The van der Waals surface area contributed by atoms with Gasteiger partial charge in [0.05, 0.1) is 23.3 Å². The number of amides is 2. The van der Waals surface area contributed by atoms with Crippen molar-refractivity contribution in [2.24, 2.45) is 0 Å². The Morgan fingerprint density at radius 3 is 1.62 bits per heavy atom. The molecule has 130 valence electrons. The number of nitriles is 2. The van der Waals surface area contributed by atoms with Gasteiger partial charge in [0.25, 0.3) is 11.8 Å². The number of hydrazine groups is 1. The maximum absolute atomic E-state index is 11.6. The van der Waals surface area contributed by atoms with Crippen LogP contribution < -0.4 is 20.3 Å². The van der Waals surface area contributed by atoms with E-state index in [4.69, 9.17) is 20.0 Å². The molecule has 8 nitrogen and oxygen atoms in total. The fourth-order valence-electron chi connectivity index (χ4n) is 1.82. The van der Waals surface area contributed by atoms with Gasteiger partial charge >= 0.3 is 0 Å². The number of carbonyl (C=O) groups excluding carboxylic acids is 2. The highest BCUT2D eigenvalue weighted by Gasteiger charge is 2.07. The van der Waals surface area contributed by atoms with Gasteiger partial charge in [0.15, 0.2) is 13.2 Å². The van der Waals surface area contributed by atoms with Crippen LogP contribution in [0, 0.1) is 22.7 Å². The van der Waals surface area contributed by atoms with E-state index >= 15 is 0 Å². The second kappa shape index (κ2) is 9.30. The molecule has 0 heterocycles. The molecule has 0 unspecified atom stereocenters. The lowest BCUT2D eigenvalue weighted by Crippen LogP contribution is -2.45. The van der Waals surface area contributed by atoms with Gasteiger partial charge in [-0.15, -0.1) is 0 Å². The molecule has 0 aromatic heterocycles. The summed E-state index contributed by atoms with van der Waals surface area (Å²) < 4.78 is 10.4. The van der Waals surface area contributed by atoms with E-state index in [0.717, 1.165) is 0 Å². The van der Waals surface area contributed by atoms with Gasteiger partial charge in [0.1, 0.15) is 11.5 Å². The Kier molecular flexibility index (Phi) is 6.55. The van der Waals surface area contributed by atoms with Crippen molar-refractivity contribution in [2.45, 2.75) is 0 Å². The predicted molar refractivity (Wildman–Crippen MR) is 89.6 cm³/mol. The maximum Gasteiger partial charge on any atom is 0.276 e. The van der Waals surface area contributed by atoms with Gasteiger partial charge in [-0.05, 0) is 36.4 Å². The Balaban J connectivity index is 1.70. The van der Waals surface area contributed by atoms with Crippen LogP contribution in [0.3, 0.4) is 0 Å². The molecule has 0 aliphatic rings. The Morgan fingerprint density at radius 2 is 1.23 bits per heavy atom. The lowest BCUT2D eigenvalue weighted by molar-refractivity contribution is -0.131. The van der Waals surface area contributed by atoms with E-state index in [9.17, 15) is 9.59 Å². The number of nitrogens with zero attached hydrogens (tertiary/aromatic N) is 2. The van der Waals surface area contributed by atoms with Crippen LogP contribution in [0.2, 0.25) is 0 Å². The molecule has 0 atom stereocenters. The average Bonchev–Trinajstić information content (AvgIpc) is 2.69. The lowest BCUT2D eigenvalue weighted by Gasteiger charge is -2.10. The zero-order valence-electron chi connectivity index (χ0n) is 13.6. The highest BCUT2D eigenvalue weighted by Crippen LogP contribution is 2.12. The number of carbonyl (C=O) groups is 2. The van der Waals surface area contributed by atoms with E-state index in [1.54, 1.807) is 36.4 Å². The highest BCUT2D eigenvalue weighted by atomic mass is 16.5. The molecule has 2 aromatic carbocycles. The highest BCUT2D eigenvalue weighted by molar-refractivity contribution is 5.83. The summed E-state index contributed by atoms with van der Waals surface area (Å²) >= 11 is 0. The van der Waals surface area contributed by atoms with Crippen molar-refractivity contribution < 1.29 is 19.1 Å². The van der Waals surface area contributed by atoms with E-state index < -0.39 is 11.8 Å². The third-order valence-electron chi connectivity index (χ3n) is 3.01. The van der Waals surface area contributed by atoms with Gasteiger partial charge in [0, 0.05) is 0 Å². The standard InChI is InChI=1S/C18H14N4O4/c19-9-13-3-1-5-15(7-13)25-11-17(23)21-22-18(24)12-26-16-6-2-4-14(8-16)10-20/h1-8H,11-12H2,(H,21,23)(H,22,24). The second-order valence-corrected chi connectivity index (χ2v) is 4.95. The van der Waals surface area contributed by atoms with E-state index in [0.29, 0.717) is 22.6 Å².